The Morgan fingerprint density at radius 3 is 2.43 bits per heavy atom. The van der Waals surface area contributed by atoms with Gasteiger partial charge in [0.1, 0.15) is 0 Å². The number of carbonyl (C=O) groups excluding carboxylic acids is 1. The van der Waals surface area contributed by atoms with Gasteiger partial charge in [0.05, 0.1) is 24.9 Å². The third kappa shape index (κ3) is 6.40. The molecule has 2 unspecified atom stereocenters. The fourth-order valence-electron chi connectivity index (χ4n) is 3.82. The number of hydrogen-bond acceptors (Lipinski definition) is 4. The molecule has 0 spiro atoms. The molecule has 30 heavy (non-hydrogen) atoms. The van der Waals surface area contributed by atoms with Crippen LogP contribution in [0.15, 0.2) is 42.5 Å². The number of methoxy groups -OCH3 is 1. The molecule has 0 radical (unpaired) electrons. The van der Waals surface area contributed by atoms with Crippen molar-refractivity contribution in [2.24, 2.45) is 5.92 Å². The third-order valence-corrected chi connectivity index (χ3v) is 6.19. The van der Waals surface area contributed by atoms with Crippen molar-refractivity contribution in [3.63, 3.8) is 0 Å². The predicted octanol–water partition coefficient (Wildman–Crippen LogP) is 7.13. The molecule has 0 bridgehead atoms. The van der Waals surface area contributed by atoms with Crippen LogP contribution >= 0.6 is 11.6 Å². The maximum absolute atomic E-state index is 11.9. The molecule has 2 aromatic rings. The van der Waals surface area contributed by atoms with E-state index in [1.54, 1.807) is 0 Å². The minimum Gasteiger partial charge on any atom is -0.469 e. The Labute approximate surface area is 185 Å². The maximum Gasteiger partial charge on any atom is 0.306 e. The zero-order valence-corrected chi connectivity index (χ0v) is 19.0. The van der Waals surface area contributed by atoms with Crippen molar-refractivity contribution in [1.82, 2.24) is 0 Å². The largest absolute Gasteiger partial charge is 0.469 e. The van der Waals surface area contributed by atoms with Crippen LogP contribution in [-0.2, 0) is 9.53 Å². The van der Waals surface area contributed by atoms with Gasteiger partial charge in [-0.05, 0) is 73.1 Å². The van der Waals surface area contributed by atoms with Gasteiger partial charge in [-0.2, -0.15) is 0 Å². The first kappa shape index (κ1) is 22.5. The Bertz CT molecular complexity index is 834. The zero-order valence-electron chi connectivity index (χ0n) is 18.2. The highest BCUT2D eigenvalue weighted by atomic mass is 35.5. The van der Waals surface area contributed by atoms with Gasteiger partial charge in [-0.1, -0.05) is 44.4 Å². The molecule has 1 aliphatic rings. The summed E-state index contributed by atoms with van der Waals surface area (Å²) in [5, 5.41) is 8.02. The lowest BCUT2D eigenvalue weighted by atomic mass is 9.92. The summed E-state index contributed by atoms with van der Waals surface area (Å²) in [4.78, 5) is 11.9. The first-order valence-electron chi connectivity index (χ1n) is 11.0. The quantitative estimate of drug-likeness (QED) is 0.373. The van der Waals surface area contributed by atoms with Crippen LogP contribution in [0.5, 0.6) is 0 Å². The Kier molecular flexibility index (Phi) is 8.03. The van der Waals surface area contributed by atoms with E-state index in [-0.39, 0.29) is 11.9 Å². The molecule has 5 heteroatoms. The Balaban J connectivity index is 1.87. The van der Waals surface area contributed by atoms with Gasteiger partial charge in [-0.3, -0.25) is 4.79 Å². The zero-order chi connectivity index (χ0) is 21.5. The highest BCUT2D eigenvalue weighted by molar-refractivity contribution is 6.30. The Morgan fingerprint density at radius 2 is 1.83 bits per heavy atom. The lowest BCUT2D eigenvalue weighted by molar-refractivity contribution is -0.141. The second-order valence-corrected chi connectivity index (χ2v) is 8.69. The first-order valence-corrected chi connectivity index (χ1v) is 11.4. The summed E-state index contributed by atoms with van der Waals surface area (Å²) in [6.45, 7) is 4.35. The number of rotatable bonds is 11. The molecule has 2 aromatic carbocycles. The smallest absolute Gasteiger partial charge is 0.306 e. The number of ether oxygens (including phenoxy) is 1. The molecular formula is C25H33ClN2O2. The molecule has 1 saturated carbocycles. The highest BCUT2D eigenvalue weighted by Gasteiger charge is 2.25. The van der Waals surface area contributed by atoms with Gasteiger partial charge in [0.25, 0.3) is 0 Å². The minimum absolute atomic E-state index is 0.130. The van der Waals surface area contributed by atoms with Gasteiger partial charge >= 0.3 is 5.97 Å². The molecule has 2 N–H and O–H groups in total. The molecule has 4 nitrogen and oxygen atoms in total. The van der Waals surface area contributed by atoms with Crippen LogP contribution in [0.1, 0.15) is 63.9 Å². The standard InChI is InChI=1S/C25H33ClN2O2/c1-4-18(16-25(29)30-3)19-8-13-23(27-21(5-2)14-17-6-7-17)24(15-19)28-22-11-9-20(26)10-12-22/h8-13,15,17-18,21,27-28H,4-7,14,16H2,1-3H3. The van der Waals surface area contributed by atoms with Crippen molar-refractivity contribution in [3.8, 4) is 0 Å². The van der Waals surface area contributed by atoms with Crippen molar-refractivity contribution in [1.29, 1.82) is 0 Å². The summed E-state index contributed by atoms with van der Waals surface area (Å²) in [6, 6.07) is 14.6. The number of halogens is 1. The van der Waals surface area contributed by atoms with Crippen LogP contribution in [0.25, 0.3) is 0 Å². The van der Waals surface area contributed by atoms with Crippen LogP contribution in [-0.4, -0.2) is 19.1 Å². The lowest BCUT2D eigenvalue weighted by Gasteiger charge is -2.23. The van der Waals surface area contributed by atoms with E-state index < -0.39 is 0 Å². The second kappa shape index (κ2) is 10.7. The summed E-state index contributed by atoms with van der Waals surface area (Å²) in [6.07, 6.45) is 6.30. The SMILES string of the molecule is CCC(CC1CC1)Nc1ccc(C(CC)CC(=O)OC)cc1Nc1ccc(Cl)cc1. The average molecular weight is 429 g/mol. The number of benzene rings is 2. The van der Waals surface area contributed by atoms with E-state index in [1.165, 1.54) is 26.4 Å². The van der Waals surface area contributed by atoms with E-state index in [1.807, 2.05) is 24.3 Å². The topological polar surface area (TPSA) is 50.4 Å². The van der Waals surface area contributed by atoms with Gasteiger partial charge in [0.2, 0.25) is 0 Å². The van der Waals surface area contributed by atoms with Crippen molar-refractivity contribution in [2.45, 2.75) is 64.3 Å². The average Bonchev–Trinajstić information content (AvgIpc) is 3.58. The number of hydrogen-bond donors (Lipinski definition) is 2. The second-order valence-electron chi connectivity index (χ2n) is 8.25. The van der Waals surface area contributed by atoms with Gasteiger partial charge in [0.15, 0.2) is 0 Å². The van der Waals surface area contributed by atoms with Crippen LogP contribution in [0.3, 0.4) is 0 Å². The fourth-order valence-corrected chi connectivity index (χ4v) is 3.95. The highest BCUT2D eigenvalue weighted by Crippen LogP contribution is 2.37. The molecule has 1 fully saturated rings. The van der Waals surface area contributed by atoms with E-state index in [0.717, 1.165) is 41.4 Å². The van der Waals surface area contributed by atoms with Gasteiger partial charge in [0, 0.05) is 16.8 Å². The van der Waals surface area contributed by atoms with Crippen molar-refractivity contribution >= 4 is 34.6 Å². The van der Waals surface area contributed by atoms with Gasteiger partial charge < -0.3 is 15.4 Å². The molecule has 0 heterocycles. The van der Waals surface area contributed by atoms with Crippen molar-refractivity contribution < 1.29 is 9.53 Å². The molecule has 2 atom stereocenters. The van der Waals surface area contributed by atoms with E-state index >= 15 is 0 Å². The number of carbonyl (C=O) groups is 1. The van der Waals surface area contributed by atoms with Crippen molar-refractivity contribution in [2.75, 3.05) is 17.7 Å². The molecule has 0 aromatic heterocycles. The summed E-state index contributed by atoms with van der Waals surface area (Å²) in [7, 11) is 1.44. The maximum atomic E-state index is 11.9. The van der Waals surface area contributed by atoms with Crippen LogP contribution in [0.4, 0.5) is 17.1 Å². The monoisotopic (exact) mass is 428 g/mol. The molecule has 0 saturated heterocycles. The van der Waals surface area contributed by atoms with Crippen LogP contribution in [0, 0.1) is 5.92 Å². The van der Waals surface area contributed by atoms with Crippen molar-refractivity contribution in [3.05, 3.63) is 53.1 Å². The molecule has 3 rings (SSSR count). The van der Waals surface area contributed by atoms with Crippen LogP contribution < -0.4 is 10.6 Å². The number of esters is 1. The molecular weight excluding hydrogens is 396 g/mol. The number of nitrogens with one attached hydrogen (secondary N) is 2. The Morgan fingerprint density at radius 1 is 1.10 bits per heavy atom. The summed E-state index contributed by atoms with van der Waals surface area (Å²) >= 11 is 6.05. The Hall–Kier alpha value is -2.20. The van der Waals surface area contributed by atoms with Gasteiger partial charge in [-0.15, -0.1) is 0 Å². The number of anilines is 3. The molecule has 0 amide bonds. The van der Waals surface area contributed by atoms with E-state index in [2.05, 4.69) is 42.7 Å². The molecule has 0 aliphatic heterocycles. The van der Waals surface area contributed by atoms with E-state index in [4.69, 9.17) is 16.3 Å². The third-order valence-electron chi connectivity index (χ3n) is 5.94. The van der Waals surface area contributed by atoms with Gasteiger partial charge in [-0.25, -0.2) is 0 Å². The molecule has 162 valence electrons. The lowest BCUT2D eigenvalue weighted by Crippen LogP contribution is -2.20. The first-order chi connectivity index (χ1) is 14.5. The van der Waals surface area contributed by atoms with E-state index in [9.17, 15) is 4.79 Å². The van der Waals surface area contributed by atoms with E-state index in [0.29, 0.717) is 17.5 Å². The molecule has 1 aliphatic carbocycles. The van der Waals surface area contributed by atoms with Crippen LogP contribution in [0.2, 0.25) is 5.02 Å². The fraction of sp³-hybridized carbons (Fsp3) is 0.480. The normalized spacial score (nSPS) is 15.3. The summed E-state index contributed by atoms with van der Waals surface area (Å²) in [5.41, 5.74) is 4.23. The summed E-state index contributed by atoms with van der Waals surface area (Å²) < 4.78 is 4.90. The summed E-state index contributed by atoms with van der Waals surface area (Å²) in [5.74, 6) is 0.830. The predicted molar refractivity (Wildman–Crippen MR) is 126 cm³/mol. The minimum atomic E-state index is -0.174.